The zero-order chi connectivity index (χ0) is 12.1. The van der Waals surface area contributed by atoms with Crippen LogP contribution >= 0.6 is 34.7 Å². The maximum atomic E-state index is 6.41. The van der Waals surface area contributed by atoms with Crippen LogP contribution in [0.3, 0.4) is 0 Å². The van der Waals surface area contributed by atoms with E-state index in [4.69, 9.17) is 11.6 Å². The molecule has 4 rings (SSSR count). The molecule has 0 N–H and O–H groups in total. The van der Waals surface area contributed by atoms with Crippen molar-refractivity contribution >= 4 is 40.3 Å². The minimum absolute atomic E-state index is 0.711. The number of nitrogens with zero attached hydrogens (tertiary/aromatic N) is 3. The maximum Gasteiger partial charge on any atom is 0.157 e. The molecule has 0 radical (unpaired) electrons. The third-order valence-corrected chi connectivity index (χ3v) is 5.23. The van der Waals surface area contributed by atoms with Crippen LogP contribution in [0.5, 0.6) is 0 Å². The van der Waals surface area contributed by atoms with E-state index in [0.29, 0.717) is 5.15 Å². The predicted octanol–water partition coefficient (Wildman–Crippen LogP) is 3.86. The largest absolute Gasteiger partial charge is 0.232 e. The molecular formula is C12H8ClN3S2. The molecule has 6 heteroatoms. The summed E-state index contributed by atoms with van der Waals surface area (Å²) in [6.45, 7) is 0. The second-order valence-electron chi connectivity index (χ2n) is 4.10. The van der Waals surface area contributed by atoms with Crippen LogP contribution in [-0.4, -0.2) is 14.6 Å². The summed E-state index contributed by atoms with van der Waals surface area (Å²) >= 11 is 9.93. The fourth-order valence-electron chi connectivity index (χ4n) is 2.10. The Bertz CT molecular complexity index is 733. The highest BCUT2D eigenvalue weighted by atomic mass is 35.5. The fraction of sp³-hybridized carbons (Fsp3) is 0.167. The van der Waals surface area contributed by atoms with Gasteiger partial charge in [-0.1, -0.05) is 17.7 Å². The molecule has 3 aromatic heterocycles. The molecule has 3 nitrogen and oxygen atoms in total. The van der Waals surface area contributed by atoms with Crippen molar-refractivity contribution in [1.82, 2.24) is 14.6 Å². The topological polar surface area (TPSA) is 30.2 Å². The number of halogens is 1. The normalized spacial score (nSPS) is 14.3. The molecule has 0 unspecified atom stereocenters. The van der Waals surface area contributed by atoms with Crippen LogP contribution in [0.4, 0.5) is 0 Å². The van der Waals surface area contributed by atoms with Crippen LogP contribution in [0.2, 0.25) is 5.15 Å². The first-order valence-electron chi connectivity index (χ1n) is 5.51. The van der Waals surface area contributed by atoms with Crippen molar-refractivity contribution < 1.29 is 0 Å². The van der Waals surface area contributed by atoms with Crippen molar-refractivity contribution in [1.29, 1.82) is 0 Å². The van der Waals surface area contributed by atoms with E-state index in [2.05, 4.69) is 16.1 Å². The zero-order valence-electron chi connectivity index (χ0n) is 9.26. The molecule has 0 atom stereocenters. The molecule has 0 aromatic carbocycles. The highest BCUT2D eigenvalue weighted by Gasteiger charge is 2.20. The molecule has 3 aromatic rings. The lowest BCUT2D eigenvalue weighted by atomic mass is 10.3. The van der Waals surface area contributed by atoms with E-state index < -0.39 is 0 Å². The lowest BCUT2D eigenvalue weighted by molar-refractivity contribution is 0.921. The molecule has 0 amide bonds. The summed E-state index contributed by atoms with van der Waals surface area (Å²) in [6.07, 6.45) is 0. The van der Waals surface area contributed by atoms with E-state index in [1.807, 2.05) is 29.3 Å². The van der Waals surface area contributed by atoms with Gasteiger partial charge in [0.2, 0.25) is 0 Å². The van der Waals surface area contributed by atoms with E-state index in [9.17, 15) is 0 Å². The molecule has 0 fully saturated rings. The molecule has 18 heavy (non-hydrogen) atoms. The van der Waals surface area contributed by atoms with Gasteiger partial charge in [-0.15, -0.1) is 11.3 Å². The Morgan fingerprint density at radius 2 is 2.28 bits per heavy atom. The van der Waals surface area contributed by atoms with Gasteiger partial charge in [-0.05, 0) is 11.4 Å². The Kier molecular flexibility index (Phi) is 2.40. The fourth-order valence-corrected chi connectivity index (χ4v) is 4.21. The number of fused-ring (bicyclic) bond motifs is 2. The van der Waals surface area contributed by atoms with Crippen molar-refractivity contribution in [3.8, 4) is 10.6 Å². The number of aromatic nitrogens is 3. The quantitative estimate of drug-likeness (QED) is 0.638. The molecule has 0 spiro atoms. The average Bonchev–Trinajstić information content (AvgIpc) is 3.08. The molecule has 0 aliphatic carbocycles. The van der Waals surface area contributed by atoms with Gasteiger partial charge in [0.25, 0.3) is 0 Å². The summed E-state index contributed by atoms with van der Waals surface area (Å²) in [5.41, 5.74) is 4.02. The first kappa shape index (κ1) is 10.8. The Balaban J connectivity index is 1.99. The van der Waals surface area contributed by atoms with Crippen molar-refractivity contribution in [3.05, 3.63) is 40.0 Å². The third-order valence-electron chi connectivity index (χ3n) is 2.98. The van der Waals surface area contributed by atoms with Crippen molar-refractivity contribution in [3.63, 3.8) is 0 Å². The van der Waals surface area contributed by atoms with Crippen molar-refractivity contribution in [2.45, 2.75) is 11.5 Å². The van der Waals surface area contributed by atoms with Gasteiger partial charge in [-0.25, -0.2) is 9.50 Å². The van der Waals surface area contributed by atoms with E-state index in [0.717, 1.165) is 39.0 Å². The lowest BCUT2D eigenvalue weighted by Gasteiger charge is -2.02. The van der Waals surface area contributed by atoms with Crippen LogP contribution in [0.1, 0.15) is 11.3 Å². The minimum atomic E-state index is 0.711. The van der Waals surface area contributed by atoms with E-state index in [1.54, 1.807) is 15.9 Å². The van der Waals surface area contributed by atoms with Crippen molar-refractivity contribution in [2.75, 3.05) is 0 Å². The van der Waals surface area contributed by atoms with Crippen molar-refractivity contribution in [2.24, 2.45) is 0 Å². The molecule has 0 saturated carbocycles. The SMILES string of the molecule is Clc1c2c(nc3cc(-c4cccs4)nn13)CSC2. The molecule has 90 valence electrons. The highest BCUT2D eigenvalue weighted by Crippen LogP contribution is 2.35. The number of thioether (sulfide) groups is 1. The monoisotopic (exact) mass is 293 g/mol. The van der Waals surface area contributed by atoms with Crippen LogP contribution in [0, 0.1) is 0 Å². The van der Waals surface area contributed by atoms with Gasteiger partial charge in [-0.2, -0.15) is 16.9 Å². The molecule has 4 heterocycles. The Morgan fingerprint density at radius 3 is 3.11 bits per heavy atom. The summed E-state index contributed by atoms with van der Waals surface area (Å²) in [6, 6.07) is 6.08. The summed E-state index contributed by atoms with van der Waals surface area (Å²) in [4.78, 5) is 5.79. The van der Waals surface area contributed by atoms with Gasteiger partial charge >= 0.3 is 0 Å². The predicted molar refractivity (Wildman–Crippen MR) is 76.3 cm³/mol. The molecule has 0 saturated heterocycles. The van der Waals surface area contributed by atoms with E-state index in [1.165, 1.54) is 0 Å². The summed E-state index contributed by atoms with van der Waals surface area (Å²) in [5.74, 6) is 1.89. The van der Waals surface area contributed by atoms with Crippen LogP contribution in [-0.2, 0) is 11.5 Å². The zero-order valence-corrected chi connectivity index (χ0v) is 11.6. The van der Waals surface area contributed by atoms with Crippen LogP contribution in [0.15, 0.2) is 23.6 Å². The second-order valence-corrected chi connectivity index (χ2v) is 6.39. The second kappa shape index (κ2) is 3.98. The van der Waals surface area contributed by atoms with Gasteiger partial charge in [0.05, 0.1) is 10.6 Å². The molecular weight excluding hydrogens is 286 g/mol. The third kappa shape index (κ3) is 1.51. The number of thiophene rings is 1. The van der Waals surface area contributed by atoms with Gasteiger partial charge in [0.15, 0.2) is 5.65 Å². The summed E-state index contributed by atoms with van der Waals surface area (Å²) in [5, 5.41) is 7.31. The number of hydrogen-bond donors (Lipinski definition) is 0. The van der Waals surface area contributed by atoms with Gasteiger partial charge in [0.1, 0.15) is 10.8 Å². The summed E-state index contributed by atoms with van der Waals surface area (Å²) in [7, 11) is 0. The number of rotatable bonds is 1. The van der Waals surface area contributed by atoms with E-state index >= 15 is 0 Å². The standard InChI is InChI=1S/C12H8ClN3S2/c13-12-7-5-17-6-9(7)14-11-4-8(15-16(11)12)10-2-1-3-18-10/h1-4H,5-6H2. The van der Waals surface area contributed by atoms with Crippen LogP contribution in [0.25, 0.3) is 16.2 Å². The lowest BCUT2D eigenvalue weighted by Crippen LogP contribution is -1.99. The van der Waals surface area contributed by atoms with Gasteiger partial charge < -0.3 is 0 Å². The Morgan fingerprint density at radius 1 is 1.33 bits per heavy atom. The first-order valence-corrected chi connectivity index (χ1v) is 7.93. The molecule has 1 aliphatic rings. The molecule has 0 bridgehead atoms. The van der Waals surface area contributed by atoms with Crippen LogP contribution < -0.4 is 0 Å². The summed E-state index contributed by atoms with van der Waals surface area (Å²) < 4.78 is 1.75. The Hall–Kier alpha value is -1.04. The number of hydrogen-bond acceptors (Lipinski definition) is 4. The van der Waals surface area contributed by atoms with Gasteiger partial charge in [0, 0.05) is 23.1 Å². The van der Waals surface area contributed by atoms with E-state index in [-0.39, 0.29) is 0 Å². The first-order chi connectivity index (χ1) is 8.83. The Labute approximate surface area is 117 Å². The van der Waals surface area contributed by atoms with Gasteiger partial charge in [-0.3, -0.25) is 0 Å². The molecule has 1 aliphatic heterocycles. The smallest absolute Gasteiger partial charge is 0.157 e. The maximum absolute atomic E-state index is 6.41. The average molecular weight is 294 g/mol. The minimum Gasteiger partial charge on any atom is -0.232 e. The highest BCUT2D eigenvalue weighted by molar-refractivity contribution is 7.98.